The molecule has 0 radical (unpaired) electrons. The molecule has 0 saturated carbocycles. The largest absolute Gasteiger partial charge is 0.418 e. The number of hydrogen-bond donors (Lipinski definition) is 1. The minimum Gasteiger partial charge on any atom is -0.379 e. The van der Waals surface area contributed by atoms with Crippen LogP contribution in [0.2, 0.25) is 5.02 Å². The molecule has 0 spiro atoms. The van der Waals surface area contributed by atoms with Crippen molar-refractivity contribution in [1.82, 2.24) is 0 Å². The Morgan fingerprint density at radius 2 is 1.86 bits per heavy atom. The van der Waals surface area contributed by atoms with Gasteiger partial charge in [-0.1, -0.05) is 17.7 Å². The van der Waals surface area contributed by atoms with Gasteiger partial charge in [-0.3, -0.25) is 0 Å². The molecular formula is C8H5ClF4O. The summed E-state index contributed by atoms with van der Waals surface area (Å²) in [6.45, 7) is 0. The van der Waals surface area contributed by atoms with Gasteiger partial charge in [0.2, 0.25) is 0 Å². The lowest BCUT2D eigenvalue weighted by atomic mass is 10.1. The topological polar surface area (TPSA) is 20.2 Å². The molecule has 0 aliphatic heterocycles. The number of aliphatic hydroxyl groups excluding tert-OH is 1. The van der Waals surface area contributed by atoms with E-state index in [0.717, 1.165) is 18.2 Å². The molecule has 1 aromatic rings. The third kappa shape index (κ3) is 2.16. The fourth-order valence-electron chi connectivity index (χ4n) is 0.936. The summed E-state index contributed by atoms with van der Waals surface area (Å²) in [4.78, 5) is 0. The molecular weight excluding hydrogens is 224 g/mol. The second-order valence-electron chi connectivity index (χ2n) is 2.58. The third-order valence-corrected chi connectivity index (χ3v) is 1.91. The van der Waals surface area contributed by atoms with Gasteiger partial charge in [-0.2, -0.15) is 13.2 Å². The first-order valence-corrected chi connectivity index (χ1v) is 3.90. The van der Waals surface area contributed by atoms with Gasteiger partial charge in [-0.15, -0.1) is 0 Å². The molecule has 0 heterocycles. The smallest absolute Gasteiger partial charge is 0.379 e. The SMILES string of the molecule is O[C@@H](c1c(F)cccc1Cl)C(F)(F)F. The lowest BCUT2D eigenvalue weighted by molar-refractivity contribution is -0.207. The van der Waals surface area contributed by atoms with Crippen LogP contribution < -0.4 is 0 Å². The van der Waals surface area contributed by atoms with Gasteiger partial charge in [0.25, 0.3) is 0 Å². The summed E-state index contributed by atoms with van der Waals surface area (Å²) in [6.07, 6.45) is -7.82. The number of aliphatic hydroxyl groups is 1. The van der Waals surface area contributed by atoms with E-state index < -0.39 is 28.7 Å². The molecule has 0 bridgehead atoms. The molecule has 0 aliphatic rings. The van der Waals surface area contributed by atoms with Crippen molar-refractivity contribution in [2.45, 2.75) is 12.3 Å². The summed E-state index contributed by atoms with van der Waals surface area (Å²) in [5.41, 5.74) is -0.943. The van der Waals surface area contributed by atoms with Crippen molar-refractivity contribution < 1.29 is 22.7 Å². The molecule has 0 aromatic heterocycles. The summed E-state index contributed by atoms with van der Waals surface area (Å²) < 4.78 is 48.9. The Hall–Kier alpha value is -0.810. The predicted molar refractivity (Wildman–Crippen MR) is 42.4 cm³/mol. The zero-order chi connectivity index (χ0) is 10.9. The van der Waals surface area contributed by atoms with Crippen LogP contribution in [0.5, 0.6) is 0 Å². The molecule has 6 heteroatoms. The maximum absolute atomic E-state index is 12.9. The zero-order valence-corrected chi connectivity index (χ0v) is 7.40. The van der Waals surface area contributed by atoms with Crippen molar-refractivity contribution in [2.24, 2.45) is 0 Å². The highest BCUT2D eigenvalue weighted by atomic mass is 35.5. The molecule has 0 saturated heterocycles. The van der Waals surface area contributed by atoms with E-state index in [9.17, 15) is 17.6 Å². The molecule has 0 unspecified atom stereocenters. The molecule has 1 nitrogen and oxygen atoms in total. The van der Waals surface area contributed by atoms with Crippen LogP contribution in [0.25, 0.3) is 0 Å². The summed E-state index contributed by atoms with van der Waals surface area (Å²) in [6, 6.07) is 3.04. The Balaban J connectivity index is 3.19. The minimum absolute atomic E-state index is 0.449. The Morgan fingerprint density at radius 1 is 1.29 bits per heavy atom. The maximum atomic E-state index is 12.9. The first-order chi connectivity index (χ1) is 6.34. The highest BCUT2D eigenvalue weighted by molar-refractivity contribution is 6.31. The fourth-order valence-corrected chi connectivity index (χ4v) is 1.20. The van der Waals surface area contributed by atoms with Gasteiger partial charge in [-0.25, -0.2) is 4.39 Å². The summed E-state index contributed by atoms with van der Waals surface area (Å²) in [5.74, 6) is -1.18. The van der Waals surface area contributed by atoms with Crippen molar-refractivity contribution in [2.75, 3.05) is 0 Å². The van der Waals surface area contributed by atoms with Gasteiger partial charge in [0, 0.05) is 10.6 Å². The molecule has 1 aromatic carbocycles. The number of rotatable bonds is 1. The predicted octanol–water partition coefficient (Wildman–Crippen LogP) is 3.07. The van der Waals surface area contributed by atoms with E-state index in [1.165, 1.54) is 0 Å². The van der Waals surface area contributed by atoms with Crippen LogP contribution in [0.4, 0.5) is 17.6 Å². The monoisotopic (exact) mass is 228 g/mol. The van der Waals surface area contributed by atoms with Gasteiger partial charge >= 0.3 is 6.18 Å². The highest BCUT2D eigenvalue weighted by Gasteiger charge is 2.41. The second-order valence-corrected chi connectivity index (χ2v) is 2.99. The number of halogens is 5. The summed E-state index contributed by atoms with van der Waals surface area (Å²) >= 11 is 5.33. The molecule has 0 aliphatic carbocycles. The first-order valence-electron chi connectivity index (χ1n) is 3.52. The lowest BCUT2D eigenvalue weighted by Crippen LogP contribution is -2.21. The Labute approximate surface area is 81.9 Å². The van der Waals surface area contributed by atoms with Crippen molar-refractivity contribution >= 4 is 11.6 Å². The quantitative estimate of drug-likeness (QED) is 0.733. The van der Waals surface area contributed by atoms with Crippen LogP contribution >= 0.6 is 11.6 Å². The van der Waals surface area contributed by atoms with Crippen LogP contribution in [0.15, 0.2) is 18.2 Å². The van der Waals surface area contributed by atoms with E-state index in [2.05, 4.69) is 0 Å². The molecule has 1 atom stereocenters. The lowest BCUT2D eigenvalue weighted by Gasteiger charge is -2.16. The van der Waals surface area contributed by atoms with E-state index in [1.54, 1.807) is 0 Å². The highest BCUT2D eigenvalue weighted by Crippen LogP contribution is 2.37. The molecule has 1 N–H and O–H groups in total. The molecule has 14 heavy (non-hydrogen) atoms. The number of benzene rings is 1. The summed E-state index contributed by atoms with van der Waals surface area (Å²) in [7, 11) is 0. The van der Waals surface area contributed by atoms with Gasteiger partial charge in [0.15, 0.2) is 6.10 Å². The molecule has 0 amide bonds. The van der Waals surface area contributed by atoms with Gasteiger partial charge < -0.3 is 5.11 Å². The molecule has 1 rings (SSSR count). The molecule has 78 valence electrons. The second kappa shape index (κ2) is 3.74. The van der Waals surface area contributed by atoms with Crippen molar-refractivity contribution in [1.29, 1.82) is 0 Å². The fraction of sp³-hybridized carbons (Fsp3) is 0.250. The van der Waals surface area contributed by atoms with Crippen LogP contribution in [0, 0.1) is 5.82 Å². The van der Waals surface area contributed by atoms with E-state index in [0.29, 0.717) is 0 Å². The number of hydrogen-bond acceptors (Lipinski definition) is 1. The minimum atomic E-state index is -4.92. The third-order valence-electron chi connectivity index (χ3n) is 1.58. The van der Waals surface area contributed by atoms with Crippen molar-refractivity contribution in [3.8, 4) is 0 Å². The van der Waals surface area contributed by atoms with Crippen LogP contribution in [0.3, 0.4) is 0 Å². The average Bonchev–Trinajstić information content (AvgIpc) is 2.01. The summed E-state index contributed by atoms with van der Waals surface area (Å²) in [5, 5.41) is 8.32. The maximum Gasteiger partial charge on any atom is 0.418 e. The number of alkyl halides is 3. The van der Waals surface area contributed by atoms with Crippen LogP contribution in [-0.4, -0.2) is 11.3 Å². The van der Waals surface area contributed by atoms with Gasteiger partial charge in [0.05, 0.1) is 0 Å². The standard InChI is InChI=1S/C8H5ClF4O/c9-4-2-1-3-5(10)6(4)7(14)8(11,12)13/h1-3,7,14H/t7-/m0/s1. The normalized spacial score (nSPS) is 14.1. The van der Waals surface area contributed by atoms with Crippen molar-refractivity contribution in [3.05, 3.63) is 34.6 Å². The van der Waals surface area contributed by atoms with Crippen molar-refractivity contribution in [3.63, 3.8) is 0 Å². The zero-order valence-electron chi connectivity index (χ0n) is 6.65. The van der Waals surface area contributed by atoms with Crippen LogP contribution in [-0.2, 0) is 0 Å². The Kier molecular flexibility index (Phi) is 3.01. The first kappa shape index (κ1) is 11.3. The van der Waals surface area contributed by atoms with E-state index in [-0.39, 0.29) is 0 Å². The Morgan fingerprint density at radius 3 is 2.29 bits per heavy atom. The van der Waals surface area contributed by atoms with Gasteiger partial charge in [-0.05, 0) is 12.1 Å². The Bertz CT molecular complexity index is 316. The van der Waals surface area contributed by atoms with Crippen LogP contribution in [0.1, 0.15) is 11.7 Å². The van der Waals surface area contributed by atoms with E-state index in [4.69, 9.17) is 16.7 Å². The van der Waals surface area contributed by atoms with E-state index >= 15 is 0 Å². The molecule has 0 fully saturated rings. The average molecular weight is 229 g/mol. The van der Waals surface area contributed by atoms with E-state index in [1.807, 2.05) is 0 Å². The van der Waals surface area contributed by atoms with Gasteiger partial charge in [0.1, 0.15) is 5.82 Å².